The molecule has 1 aromatic carbocycles. The topological polar surface area (TPSA) is 3.24 Å². The first-order valence-corrected chi connectivity index (χ1v) is 6.35. The molecule has 2 heteroatoms. The van der Waals surface area contributed by atoms with Crippen LogP contribution >= 0.6 is 11.6 Å². The van der Waals surface area contributed by atoms with Crippen molar-refractivity contribution in [3.63, 3.8) is 0 Å². The van der Waals surface area contributed by atoms with Crippen LogP contribution in [0.5, 0.6) is 0 Å². The van der Waals surface area contributed by atoms with Gasteiger partial charge < -0.3 is 4.90 Å². The van der Waals surface area contributed by atoms with Gasteiger partial charge >= 0.3 is 0 Å². The summed E-state index contributed by atoms with van der Waals surface area (Å²) in [5, 5.41) is 0. The third kappa shape index (κ3) is 2.70. The molecule has 1 rings (SSSR count). The van der Waals surface area contributed by atoms with E-state index in [9.17, 15) is 0 Å². The first-order chi connectivity index (χ1) is 7.42. The van der Waals surface area contributed by atoms with Gasteiger partial charge in [0.25, 0.3) is 0 Å². The smallest absolute Gasteiger partial charge is 0.0476 e. The van der Waals surface area contributed by atoms with Gasteiger partial charge in [-0.1, -0.05) is 13.0 Å². The van der Waals surface area contributed by atoms with E-state index in [1.54, 1.807) is 0 Å². The van der Waals surface area contributed by atoms with E-state index < -0.39 is 0 Å². The number of hydrogen-bond acceptors (Lipinski definition) is 1. The molecule has 0 fully saturated rings. The van der Waals surface area contributed by atoms with Crippen molar-refractivity contribution in [2.75, 3.05) is 11.9 Å². The molecule has 0 radical (unpaired) electrons. The van der Waals surface area contributed by atoms with E-state index in [1.807, 2.05) is 0 Å². The molecular weight excluding hydrogens is 218 g/mol. The molecule has 0 bridgehead atoms. The Kier molecular flexibility index (Phi) is 4.26. The van der Waals surface area contributed by atoms with E-state index in [-0.39, 0.29) is 5.54 Å². The highest BCUT2D eigenvalue weighted by Crippen LogP contribution is 2.26. The van der Waals surface area contributed by atoms with Gasteiger partial charge in [0, 0.05) is 24.2 Å². The summed E-state index contributed by atoms with van der Waals surface area (Å²) in [5.41, 5.74) is 3.94. The van der Waals surface area contributed by atoms with Gasteiger partial charge in [-0.15, -0.1) is 11.6 Å². The van der Waals surface area contributed by atoms with Gasteiger partial charge in [0.05, 0.1) is 0 Å². The van der Waals surface area contributed by atoms with Crippen molar-refractivity contribution >= 4 is 17.3 Å². The summed E-state index contributed by atoms with van der Waals surface area (Å²) in [6.45, 7) is 8.86. The summed E-state index contributed by atoms with van der Waals surface area (Å²) in [4.78, 5) is 2.33. The van der Waals surface area contributed by atoms with Crippen LogP contribution in [-0.2, 0) is 5.88 Å². The fraction of sp³-hybridized carbons (Fsp3) is 0.571. The average molecular weight is 240 g/mol. The van der Waals surface area contributed by atoms with Crippen LogP contribution in [0.3, 0.4) is 0 Å². The summed E-state index contributed by atoms with van der Waals surface area (Å²) in [6, 6.07) is 6.50. The normalized spacial score (nSPS) is 11.6. The molecule has 0 saturated carbocycles. The number of alkyl halides is 1. The number of benzene rings is 1. The van der Waals surface area contributed by atoms with E-state index >= 15 is 0 Å². The molecule has 16 heavy (non-hydrogen) atoms. The van der Waals surface area contributed by atoms with Crippen molar-refractivity contribution in [2.45, 2.75) is 45.5 Å². The van der Waals surface area contributed by atoms with Crippen molar-refractivity contribution < 1.29 is 0 Å². The standard InChI is InChI=1S/C14H22ClN/c1-6-14(3,4)16(5)13-8-7-12(10-15)11(2)9-13/h7-9H,6,10H2,1-5H3. The molecule has 0 N–H and O–H groups in total. The molecule has 0 unspecified atom stereocenters. The summed E-state index contributed by atoms with van der Waals surface area (Å²) < 4.78 is 0. The third-order valence-electron chi connectivity index (χ3n) is 3.63. The molecule has 0 aliphatic heterocycles. The highest BCUT2D eigenvalue weighted by Gasteiger charge is 2.21. The Bertz CT molecular complexity index is 358. The highest BCUT2D eigenvalue weighted by atomic mass is 35.5. The predicted molar refractivity (Wildman–Crippen MR) is 73.5 cm³/mol. The SMILES string of the molecule is CCC(C)(C)N(C)c1ccc(CCl)c(C)c1. The van der Waals surface area contributed by atoms with Gasteiger partial charge in [0.1, 0.15) is 0 Å². The Labute approximate surface area is 104 Å². The fourth-order valence-electron chi connectivity index (χ4n) is 1.63. The number of hydrogen-bond donors (Lipinski definition) is 0. The van der Waals surface area contributed by atoms with Gasteiger partial charge in [0.15, 0.2) is 0 Å². The first-order valence-electron chi connectivity index (χ1n) is 5.81. The fourth-order valence-corrected chi connectivity index (χ4v) is 1.93. The van der Waals surface area contributed by atoms with Crippen LogP contribution in [-0.4, -0.2) is 12.6 Å². The lowest BCUT2D eigenvalue weighted by molar-refractivity contribution is 0.471. The largest absolute Gasteiger partial charge is 0.369 e. The van der Waals surface area contributed by atoms with Crippen molar-refractivity contribution in [1.29, 1.82) is 0 Å². The molecule has 0 heterocycles. The van der Waals surface area contributed by atoms with Crippen LogP contribution in [0, 0.1) is 6.92 Å². The Morgan fingerprint density at radius 2 is 1.94 bits per heavy atom. The first kappa shape index (κ1) is 13.4. The Morgan fingerprint density at radius 3 is 2.38 bits per heavy atom. The maximum atomic E-state index is 5.87. The molecule has 0 aromatic heterocycles. The van der Waals surface area contributed by atoms with Crippen molar-refractivity contribution in [3.8, 4) is 0 Å². The predicted octanol–water partition coefficient (Wildman–Crippen LogP) is 4.36. The molecule has 0 saturated heterocycles. The van der Waals surface area contributed by atoms with Crippen molar-refractivity contribution in [2.24, 2.45) is 0 Å². The summed E-state index contributed by atoms with van der Waals surface area (Å²) in [7, 11) is 2.15. The van der Waals surface area contributed by atoms with E-state index in [0.29, 0.717) is 5.88 Å². The maximum Gasteiger partial charge on any atom is 0.0476 e. The van der Waals surface area contributed by atoms with Crippen LogP contribution in [0.2, 0.25) is 0 Å². The minimum Gasteiger partial charge on any atom is -0.369 e. The van der Waals surface area contributed by atoms with Crippen LogP contribution < -0.4 is 4.90 Å². The van der Waals surface area contributed by atoms with Gasteiger partial charge in [-0.05, 0) is 50.5 Å². The van der Waals surface area contributed by atoms with Gasteiger partial charge in [-0.25, -0.2) is 0 Å². The molecular formula is C14H22ClN. The average Bonchev–Trinajstić information content (AvgIpc) is 2.27. The lowest BCUT2D eigenvalue weighted by Gasteiger charge is -2.37. The Hall–Kier alpha value is -0.690. The molecule has 0 spiro atoms. The number of halogens is 1. The van der Waals surface area contributed by atoms with Crippen LogP contribution in [0.25, 0.3) is 0 Å². The zero-order chi connectivity index (χ0) is 12.3. The molecule has 1 nitrogen and oxygen atoms in total. The molecule has 0 aliphatic rings. The van der Waals surface area contributed by atoms with E-state index in [0.717, 1.165) is 6.42 Å². The van der Waals surface area contributed by atoms with Crippen LogP contribution in [0.1, 0.15) is 38.3 Å². The minimum absolute atomic E-state index is 0.189. The number of aryl methyl sites for hydroxylation is 1. The number of anilines is 1. The second kappa shape index (κ2) is 5.09. The molecule has 1 aromatic rings. The lowest BCUT2D eigenvalue weighted by atomic mass is 9.98. The molecule has 90 valence electrons. The maximum absolute atomic E-state index is 5.87. The molecule has 0 aliphatic carbocycles. The molecule has 0 amide bonds. The van der Waals surface area contributed by atoms with Gasteiger partial charge in [-0.3, -0.25) is 0 Å². The second-order valence-corrected chi connectivity index (χ2v) is 5.24. The van der Waals surface area contributed by atoms with Gasteiger partial charge in [-0.2, -0.15) is 0 Å². The number of rotatable bonds is 4. The Morgan fingerprint density at radius 1 is 1.31 bits per heavy atom. The second-order valence-electron chi connectivity index (χ2n) is 4.97. The highest BCUT2D eigenvalue weighted by molar-refractivity contribution is 6.17. The number of nitrogens with zero attached hydrogens (tertiary/aromatic N) is 1. The minimum atomic E-state index is 0.189. The van der Waals surface area contributed by atoms with Crippen LogP contribution in [0.4, 0.5) is 5.69 Å². The summed E-state index contributed by atoms with van der Waals surface area (Å²) >= 11 is 5.87. The third-order valence-corrected chi connectivity index (χ3v) is 3.92. The summed E-state index contributed by atoms with van der Waals surface area (Å²) in [6.07, 6.45) is 1.12. The van der Waals surface area contributed by atoms with Crippen LogP contribution in [0.15, 0.2) is 18.2 Å². The van der Waals surface area contributed by atoms with Gasteiger partial charge in [0.2, 0.25) is 0 Å². The van der Waals surface area contributed by atoms with Crippen molar-refractivity contribution in [1.82, 2.24) is 0 Å². The zero-order valence-electron chi connectivity index (χ0n) is 11.0. The summed E-state index contributed by atoms with van der Waals surface area (Å²) in [5.74, 6) is 0.590. The molecule has 0 atom stereocenters. The Balaban J connectivity index is 3.02. The zero-order valence-corrected chi connectivity index (χ0v) is 11.7. The van der Waals surface area contributed by atoms with E-state index in [2.05, 4.69) is 57.8 Å². The van der Waals surface area contributed by atoms with E-state index in [1.165, 1.54) is 16.8 Å². The van der Waals surface area contributed by atoms with Crippen molar-refractivity contribution in [3.05, 3.63) is 29.3 Å². The lowest BCUT2D eigenvalue weighted by Crippen LogP contribution is -2.40. The van der Waals surface area contributed by atoms with E-state index in [4.69, 9.17) is 11.6 Å². The quantitative estimate of drug-likeness (QED) is 0.706. The monoisotopic (exact) mass is 239 g/mol.